The summed E-state index contributed by atoms with van der Waals surface area (Å²) in [6, 6.07) is 46.4. The fraction of sp³-hybridized carbons (Fsp3) is 0.0455. The van der Waals surface area contributed by atoms with Gasteiger partial charge < -0.3 is 0 Å². The summed E-state index contributed by atoms with van der Waals surface area (Å²) in [6.45, 7) is 0. The maximum absolute atomic E-state index is 5.37. The van der Waals surface area contributed by atoms with E-state index in [1.54, 1.807) is 0 Å². The topological polar surface area (TPSA) is 30.7 Å². The highest BCUT2D eigenvalue weighted by atomic mass is 32.1. The van der Waals surface area contributed by atoms with E-state index in [1.807, 2.05) is 22.7 Å². The second kappa shape index (κ2) is 10.4. The van der Waals surface area contributed by atoms with Crippen molar-refractivity contribution in [1.29, 1.82) is 0 Å². The van der Waals surface area contributed by atoms with Crippen LogP contribution in [0.4, 0.5) is 0 Å². The molecule has 0 unspecified atom stereocenters. The minimum Gasteiger partial charge on any atom is -0.278 e. The number of hydrogen-bond acceptors (Lipinski definition) is 4. The van der Waals surface area contributed by atoms with Crippen LogP contribution in [0.15, 0.2) is 127 Å². The van der Waals surface area contributed by atoms with E-state index < -0.39 is 0 Å². The summed E-state index contributed by atoms with van der Waals surface area (Å²) in [5.41, 5.74) is 6.84. The number of fused-ring (bicyclic) bond motifs is 11. The normalized spacial score (nSPS) is 13.1. The van der Waals surface area contributed by atoms with Gasteiger partial charge in [0.15, 0.2) is 0 Å². The standard InChI is InChI=1S/C44H27N3S2/c1-2-11-26(12-3-1)41-33-15-4-7-18-35(33)45-44(46-41)47-36-23-21-27(28-16-10-17-31-29-13-5-8-19-38(29)48-42(28)31)25-34(36)40-37(47)24-22-32-30-14-6-9-20-39(30)49-43(32)40/h1-3,5-6,8-25H,4,7H2. The minimum atomic E-state index is 0.712. The highest BCUT2D eigenvalue weighted by Gasteiger charge is 2.21. The van der Waals surface area contributed by atoms with Crippen LogP contribution in [-0.4, -0.2) is 14.5 Å². The van der Waals surface area contributed by atoms with Crippen LogP contribution < -0.4 is 10.6 Å². The lowest BCUT2D eigenvalue weighted by Gasteiger charge is -2.12. The second-order valence-electron chi connectivity index (χ2n) is 12.8. The molecule has 0 amide bonds. The molecule has 0 atom stereocenters. The monoisotopic (exact) mass is 661 g/mol. The number of nitrogens with zero attached hydrogens (tertiary/aromatic N) is 3. The van der Waals surface area contributed by atoms with Crippen molar-refractivity contribution >= 4 is 97.0 Å². The van der Waals surface area contributed by atoms with Crippen molar-refractivity contribution in [2.75, 3.05) is 0 Å². The molecule has 6 aromatic carbocycles. The number of thiophene rings is 2. The van der Waals surface area contributed by atoms with E-state index >= 15 is 0 Å². The Kier molecular flexibility index (Phi) is 5.82. The third-order valence-electron chi connectivity index (χ3n) is 10.1. The van der Waals surface area contributed by atoms with Gasteiger partial charge in [-0.1, -0.05) is 109 Å². The molecule has 3 nitrogen and oxygen atoms in total. The molecule has 0 aliphatic heterocycles. The Balaban J connectivity index is 1.26. The Hall–Kier alpha value is -5.62. The fourth-order valence-corrected chi connectivity index (χ4v) is 10.3. The maximum atomic E-state index is 5.37. The largest absolute Gasteiger partial charge is 0.278 e. The van der Waals surface area contributed by atoms with E-state index in [1.165, 1.54) is 62.2 Å². The summed E-state index contributed by atoms with van der Waals surface area (Å²) < 4.78 is 7.56. The molecule has 0 fully saturated rings. The molecule has 230 valence electrons. The van der Waals surface area contributed by atoms with Crippen molar-refractivity contribution in [3.05, 3.63) is 138 Å². The Morgan fingerprint density at radius 1 is 0.510 bits per heavy atom. The molecule has 0 saturated carbocycles. The molecule has 5 heteroatoms. The van der Waals surface area contributed by atoms with Crippen LogP contribution in [-0.2, 0) is 0 Å². The van der Waals surface area contributed by atoms with Gasteiger partial charge in [0, 0.05) is 61.9 Å². The Labute approximate surface area is 289 Å². The lowest BCUT2D eigenvalue weighted by atomic mass is 10.00. The SMILES string of the molecule is C1=c2nc(-n3c4ccc(-c5cccc6c5sc5ccccc56)cc4c4c5sc6ccccc6c5ccc43)nc(-c3ccccc3)c2=CCC1. The Morgan fingerprint density at radius 2 is 1.20 bits per heavy atom. The van der Waals surface area contributed by atoms with E-state index in [0.29, 0.717) is 5.95 Å². The molecule has 4 heterocycles. The van der Waals surface area contributed by atoms with Gasteiger partial charge in [-0.05, 0) is 54.3 Å². The van der Waals surface area contributed by atoms with Crippen molar-refractivity contribution in [2.45, 2.75) is 12.8 Å². The van der Waals surface area contributed by atoms with Crippen LogP contribution in [0, 0.1) is 0 Å². The van der Waals surface area contributed by atoms with Gasteiger partial charge in [0.25, 0.3) is 0 Å². The molecule has 4 aromatic heterocycles. The fourth-order valence-electron chi connectivity index (χ4n) is 7.84. The second-order valence-corrected chi connectivity index (χ2v) is 14.9. The Morgan fingerprint density at radius 3 is 2.04 bits per heavy atom. The smallest absolute Gasteiger partial charge is 0.235 e. The van der Waals surface area contributed by atoms with Crippen molar-refractivity contribution in [1.82, 2.24) is 14.5 Å². The van der Waals surface area contributed by atoms with E-state index in [2.05, 4.69) is 144 Å². The molecule has 49 heavy (non-hydrogen) atoms. The molecule has 10 aromatic rings. The minimum absolute atomic E-state index is 0.712. The first-order chi connectivity index (χ1) is 24.3. The van der Waals surface area contributed by atoms with Crippen LogP contribution in [0.5, 0.6) is 0 Å². The van der Waals surface area contributed by atoms with Gasteiger partial charge in [-0.3, -0.25) is 4.57 Å². The average molecular weight is 662 g/mol. The van der Waals surface area contributed by atoms with Crippen molar-refractivity contribution in [3.8, 4) is 28.3 Å². The molecule has 0 saturated heterocycles. The first-order valence-electron chi connectivity index (χ1n) is 16.7. The van der Waals surface area contributed by atoms with Crippen molar-refractivity contribution < 1.29 is 0 Å². The Bertz CT molecular complexity index is 3110. The van der Waals surface area contributed by atoms with Gasteiger partial charge in [0.1, 0.15) is 0 Å². The highest BCUT2D eigenvalue weighted by Crippen LogP contribution is 2.45. The quantitative estimate of drug-likeness (QED) is 0.189. The summed E-state index contributed by atoms with van der Waals surface area (Å²) >= 11 is 3.76. The van der Waals surface area contributed by atoms with Crippen LogP contribution in [0.1, 0.15) is 12.8 Å². The van der Waals surface area contributed by atoms with Gasteiger partial charge >= 0.3 is 0 Å². The lowest BCUT2D eigenvalue weighted by Crippen LogP contribution is -2.34. The number of rotatable bonds is 3. The third kappa shape index (κ3) is 4.00. The zero-order valence-corrected chi connectivity index (χ0v) is 28.0. The predicted molar refractivity (Wildman–Crippen MR) is 210 cm³/mol. The molecular formula is C44H27N3S2. The summed E-state index contributed by atoms with van der Waals surface area (Å²) in [5, 5.41) is 9.87. The molecular weight excluding hydrogens is 635 g/mol. The van der Waals surface area contributed by atoms with Gasteiger partial charge in [0.05, 0.1) is 22.1 Å². The highest BCUT2D eigenvalue weighted by molar-refractivity contribution is 7.27. The molecule has 0 spiro atoms. The van der Waals surface area contributed by atoms with E-state index in [4.69, 9.17) is 9.97 Å². The maximum Gasteiger partial charge on any atom is 0.235 e. The predicted octanol–water partition coefficient (Wildman–Crippen LogP) is 11.0. The summed E-state index contributed by atoms with van der Waals surface area (Å²) in [7, 11) is 0. The van der Waals surface area contributed by atoms with Crippen molar-refractivity contribution in [3.63, 3.8) is 0 Å². The van der Waals surface area contributed by atoms with Crippen LogP contribution in [0.2, 0.25) is 0 Å². The molecule has 0 radical (unpaired) electrons. The summed E-state index contributed by atoms with van der Waals surface area (Å²) in [6.07, 6.45) is 6.56. The van der Waals surface area contributed by atoms with E-state index in [0.717, 1.165) is 45.7 Å². The molecule has 1 aliphatic rings. The summed E-state index contributed by atoms with van der Waals surface area (Å²) in [5.74, 6) is 0.712. The third-order valence-corrected chi connectivity index (χ3v) is 12.5. The van der Waals surface area contributed by atoms with Crippen molar-refractivity contribution in [2.24, 2.45) is 0 Å². The van der Waals surface area contributed by atoms with E-state index in [9.17, 15) is 0 Å². The van der Waals surface area contributed by atoms with Crippen LogP contribution >= 0.6 is 22.7 Å². The van der Waals surface area contributed by atoms with Crippen LogP contribution in [0.25, 0.3) is 103 Å². The first-order valence-corrected chi connectivity index (χ1v) is 18.4. The van der Waals surface area contributed by atoms with Gasteiger partial charge in [-0.25, -0.2) is 9.97 Å². The van der Waals surface area contributed by atoms with Crippen LogP contribution in [0.3, 0.4) is 0 Å². The number of benzene rings is 6. The number of aromatic nitrogens is 3. The average Bonchev–Trinajstić information content (AvgIpc) is 3.84. The summed E-state index contributed by atoms with van der Waals surface area (Å²) in [4.78, 5) is 10.7. The van der Waals surface area contributed by atoms with E-state index in [-0.39, 0.29) is 0 Å². The first kappa shape index (κ1) is 27.3. The molecule has 0 bridgehead atoms. The lowest BCUT2D eigenvalue weighted by molar-refractivity contribution is 0.949. The number of hydrogen-bond donors (Lipinski definition) is 0. The van der Waals surface area contributed by atoms with Gasteiger partial charge in [-0.15, -0.1) is 22.7 Å². The molecule has 11 rings (SSSR count). The zero-order chi connectivity index (χ0) is 32.1. The molecule has 0 N–H and O–H groups in total. The zero-order valence-electron chi connectivity index (χ0n) is 26.4. The van der Waals surface area contributed by atoms with Gasteiger partial charge in [-0.2, -0.15) is 0 Å². The molecule has 1 aliphatic carbocycles. The van der Waals surface area contributed by atoms with Gasteiger partial charge in [0.2, 0.25) is 5.95 Å².